The van der Waals surface area contributed by atoms with Crippen LogP contribution in [0.15, 0.2) is 28.1 Å². The highest BCUT2D eigenvalue weighted by Crippen LogP contribution is 2.26. The Kier molecular flexibility index (Phi) is 4.03. The van der Waals surface area contributed by atoms with Crippen molar-refractivity contribution in [2.24, 2.45) is 4.99 Å². The van der Waals surface area contributed by atoms with Crippen molar-refractivity contribution in [2.45, 2.75) is 11.4 Å². The van der Waals surface area contributed by atoms with Crippen LogP contribution in [0.25, 0.3) is 0 Å². The molecular weight excluding hydrogens is 206 g/mol. The summed E-state index contributed by atoms with van der Waals surface area (Å²) >= 11 is 7.54. The second-order valence-corrected chi connectivity index (χ2v) is 3.63. The molecule has 0 saturated heterocycles. The fourth-order valence-corrected chi connectivity index (χ4v) is 1.82. The second-order valence-electron chi connectivity index (χ2n) is 2.38. The molecule has 1 aromatic carbocycles. The third-order valence-corrected chi connectivity index (χ3v) is 2.76. The molecule has 0 aromatic heterocycles. The normalized spacial score (nSPS) is 9.38. The van der Waals surface area contributed by atoms with Gasteiger partial charge < -0.3 is 0 Å². The van der Waals surface area contributed by atoms with Crippen molar-refractivity contribution in [1.29, 1.82) is 0 Å². The summed E-state index contributed by atoms with van der Waals surface area (Å²) in [6.07, 6.45) is 3.45. The molecule has 0 aliphatic carbocycles. The lowest BCUT2D eigenvalue weighted by molar-refractivity contribution is 0.563. The lowest BCUT2D eigenvalue weighted by Gasteiger charge is -2.01. The first kappa shape index (κ1) is 10.3. The summed E-state index contributed by atoms with van der Waals surface area (Å²) in [4.78, 5) is 14.4. The number of rotatable bonds is 3. The minimum absolute atomic E-state index is 0.345. The molecule has 0 atom stereocenters. The van der Waals surface area contributed by atoms with Crippen molar-refractivity contribution < 1.29 is 4.79 Å². The highest BCUT2D eigenvalue weighted by atomic mass is 35.5. The minimum atomic E-state index is 0.345. The largest absolute Gasteiger partial charge is 0.235 e. The van der Waals surface area contributed by atoms with E-state index in [1.807, 2.05) is 24.5 Å². The van der Waals surface area contributed by atoms with Crippen LogP contribution in [0.4, 0.5) is 0 Å². The quantitative estimate of drug-likeness (QED) is 0.439. The smallest absolute Gasteiger partial charge is 0.211 e. The first-order valence-electron chi connectivity index (χ1n) is 3.64. The molecule has 13 heavy (non-hydrogen) atoms. The fourth-order valence-electron chi connectivity index (χ4n) is 0.932. The number of hydrogen-bond donors (Lipinski definition) is 0. The molecule has 0 radical (unpaired) electrons. The van der Waals surface area contributed by atoms with Crippen molar-refractivity contribution in [3.63, 3.8) is 0 Å². The molecule has 0 unspecified atom stereocenters. The molecule has 1 rings (SSSR count). The number of thioether (sulfide) groups is 1. The maximum Gasteiger partial charge on any atom is 0.235 e. The number of isocyanates is 1. The van der Waals surface area contributed by atoms with E-state index in [1.54, 1.807) is 11.8 Å². The summed E-state index contributed by atoms with van der Waals surface area (Å²) in [6, 6.07) is 5.63. The topological polar surface area (TPSA) is 29.4 Å². The van der Waals surface area contributed by atoms with Gasteiger partial charge in [0.15, 0.2) is 0 Å². The minimum Gasteiger partial charge on any atom is -0.211 e. The van der Waals surface area contributed by atoms with Crippen LogP contribution in [0.2, 0.25) is 5.02 Å². The van der Waals surface area contributed by atoms with Gasteiger partial charge in [0.05, 0.1) is 11.6 Å². The molecule has 1 aromatic rings. The molecule has 68 valence electrons. The average Bonchev–Trinajstić information content (AvgIpc) is 2.15. The van der Waals surface area contributed by atoms with Crippen LogP contribution in [0.5, 0.6) is 0 Å². The average molecular weight is 214 g/mol. The Hall–Kier alpha value is -0.760. The van der Waals surface area contributed by atoms with Crippen LogP contribution in [0.1, 0.15) is 5.56 Å². The molecule has 0 saturated carbocycles. The van der Waals surface area contributed by atoms with Crippen LogP contribution in [0, 0.1) is 0 Å². The van der Waals surface area contributed by atoms with Crippen molar-refractivity contribution in [3.05, 3.63) is 28.8 Å². The zero-order chi connectivity index (χ0) is 9.68. The van der Waals surface area contributed by atoms with E-state index in [0.717, 1.165) is 10.5 Å². The molecule has 0 spiro atoms. The Morgan fingerprint density at radius 2 is 2.38 bits per heavy atom. The van der Waals surface area contributed by atoms with Crippen molar-refractivity contribution in [1.82, 2.24) is 0 Å². The Morgan fingerprint density at radius 1 is 1.62 bits per heavy atom. The zero-order valence-corrected chi connectivity index (χ0v) is 8.65. The summed E-state index contributed by atoms with van der Waals surface area (Å²) < 4.78 is 0. The first-order valence-corrected chi connectivity index (χ1v) is 5.24. The molecular formula is C9H8ClNOS. The molecule has 2 nitrogen and oxygen atoms in total. The maximum atomic E-state index is 9.86. The van der Waals surface area contributed by atoms with E-state index in [-0.39, 0.29) is 0 Å². The Labute approximate surface area is 86.0 Å². The highest BCUT2D eigenvalue weighted by molar-refractivity contribution is 7.98. The van der Waals surface area contributed by atoms with Crippen molar-refractivity contribution in [2.75, 3.05) is 6.26 Å². The van der Waals surface area contributed by atoms with E-state index < -0.39 is 0 Å². The molecule has 0 bridgehead atoms. The van der Waals surface area contributed by atoms with E-state index >= 15 is 0 Å². The van der Waals surface area contributed by atoms with Crippen LogP contribution in [-0.2, 0) is 11.3 Å². The van der Waals surface area contributed by atoms with Gasteiger partial charge >= 0.3 is 0 Å². The number of carbonyl (C=O) groups excluding carboxylic acids is 1. The summed E-state index contributed by atoms with van der Waals surface area (Å²) in [7, 11) is 0. The van der Waals surface area contributed by atoms with Gasteiger partial charge in [0, 0.05) is 4.90 Å². The summed E-state index contributed by atoms with van der Waals surface area (Å²) in [6.45, 7) is 0.345. The lowest BCUT2D eigenvalue weighted by Crippen LogP contribution is -1.82. The maximum absolute atomic E-state index is 9.86. The number of halogens is 1. The van der Waals surface area contributed by atoms with Gasteiger partial charge in [0.2, 0.25) is 6.08 Å². The first-order chi connectivity index (χ1) is 6.27. The number of benzene rings is 1. The van der Waals surface area contributed by atoms with Crippen molar-refractivity contribution >= 4 is 29.4 Å². The molecule has 0 N–H and O–H groups in total. The number of hydrogen-bond acceptors (Lipinski definition) is 3. The third kappa shape index (κ3) is 2.88. The van der Waals surface area contributed by atoms with Gasteiger partial charge in [-0.25, -0.2) is 9.79 Å². The summed E-state index contributed by atoms with van der Waals surface area (Å²) in [5, 5.41) is 0.700. The SMILES string of the molecule is CSc1ccc(CN=C=O)cc1Cl. The predicted octanol–water partition coefficient (Wildman–Crippen LogP) is 2.90. The van der Waals surface area contributed by atoms with Gasteiger partial charge in [-0.2, -0.15) is 0 Å². The Bertz CT molecular complexity index is 347. The van der Waals surface area contributed by atoms with Gasteiger partial charge in [-0.15, -0.1) is 11.8 Å². The van der Waals surface area contributed by atoms with E-state index in [1.165, 1.54) is 6.08 Å². The van der Waals surface area contributed by atoms with Crippen LogP contribution in [0.3, 0.4) is 0 Å². The molecule has 0 fully saturated rings. The summed E-state index contributed by atoms with van der Waals surface area (Å²) in [5.41, 5.74) is 0.922. The third-order valence-electron chi connectivity index (χ3n) is 1.54. The zero-order valence-electron chi connectivity index (χ0n) is 7.08. The highest BCUT2D eigenvalue weighted by Gasteiger charge is 1.99. The predicted molar refractivity (Wildman–Crippen MR) is 55.1 cm³/mol. The van der Waals surface area contributed by atoms with E-state index in [9.17, 15) is 4.79 Å². The van der Waals surface area contributed by atoms with E-state index in [2.05, 4.69) is 4.99 Å². The molecule has 0 heterocycles. The Morgan fingerprint density at radius 3 is 2.92 bits per heavy atom. The van der Waals surface area contributed by atoms with Gasteiger partial charge in [-0.1, -0.05) is 17.7 Å². The van der Waals surface area contributed by atoms with Crippen LogP contribution < -0.4 is 0 Å². The summed E-state index contributed by atoms with van der Waals surface area (Å²) in [5.74, 6) is 0. The fraction of sp³-hybridized carbons (Fsp3) is 0.222. The second kappa shape index (κ2) is 5.07. The van der Waals surface area contributed by atoms with Crippen molar-refractivity contribution in [3.8, 4) is 0 Å². The monoisotopic (exact) mass is 213 g/mol. The molecule has 0 aliphatic rings. The number of aliphatic imine (C=N–C) groups is 1. The van der Waals surface area contributed by atoms with E-state index in [4.69, 9.17) is 11.6 Å². The lowest BCUT2D eigenvalue weighted by atomic mass is 10.2. The van der Waals surface area contributed by atoms with Gasteiger partial charge in [0.1, 0.15) is 0 Å². The number of nitrogens with zero attached hydrogens (tertiary/aromatic N) is 1. The van der Waals surface area contributed by atoms with Crippen LogP contribution in [-0.4, -0.2) is 12.3 Å². The van der Waals surface area contributed by atoms with E-state index in [0.29, 0.717) is 11.6 Å². The van der Waals surface area contributed by atoms with Gasteiger partial charge in [-0.05, 0) is 24.0 Å². The Balaban J connectivity index is 2.88. The van der Waals surface area contributed by atoms with Crippen LogP contribution >= 0.6 is 23.4 Å². The van der Waals surface area contributed by atoms with Gasteiger partial charge in [-0.3, -0.25) is 0 Å². The molecule has 0 amide bonds. The standard InChI is InChI=1S/C9H8ClNOS/c1-13-9-3-2-7(4-8(9)10)5-11-6-12/h2-4H,5H2,1H3. The van der Waals surface area contributed by atoms with Gasteiger partial charge in [0.25, 0.3) is 0 Å². The molecule has 4 heteroatoms. The molecule has 0 aliphatic heterocycles.